The molecule has 0 saturated heterocycles. The molecule has 1 amide bonds. The Labute approximate surface area is 111 Å². The second-order valence-electron chi connectivity index (χ2n) is 4.88. The zero-order chi connectivity index (χ0) is 14.5. The number of nitrogens with zero attached hydrogens (tertiary/aromatic N) is 1. The zero-order valence-electron chi connectivity index (χ0n) is 11.3. The predicted molar refractivity (Wildman–Crippen MR) is 64.7 cm³/mol. The van der Waals surface area contributed by atoms with E-state index < -0.39 is 12.7 Å². The van der Waals surface area contributed by atoms with E-state index in [-0.39, 0.29) is 18.5 Å². The Morgan fingerprint density at radius 1 is 1.47 bits per heavy atom. The van der Waals surface area contributed by atoms with Crippen LogP contribution in [0.4, 0.5) is 13.2 Å². The first-order valence-corrected chi connectivity index (χ1v) is 6.41. The van der Waals surface area contributed by atoms with Crippen LogP contribution in [0.15, 0.2) is 0 Å². The SMILES string of the molecule is COCCN(C(=O)CNCC(F)(F)F)C(C)C1CC1. The molecule has 0 aliphatic heterocycles. The number of amides is 1. The molecule has 0 heterocycles. The molecule has 0 aromatic heterocycles. The normalized spacial score (nSPS) is 17.3. The molecule has 4 nitrogen and oxygen atoms in total. The Bertz CT molecular complexity index is 293. The van der Waals surface area contributed by atoms with Crippen molar-refractivity contribution < 1.29 is 22.7 Å². The Hall–Kier alpha value is -0.820. The molecule has 19 heavy (non-hydrogen) atoms. The highest BCUT2D eigenvalue weighted by atomic mass is 19.4. The average Bonchev–Trinajstić information content (AvgIpc) is 3.11. The third-order valence-corrected chi connectivity index (χ3v) is 3.25. The van der Waals surface area contributed by atoms with Crippen LogP contribution in [-0.4, -0.2) is 56.4 Å². The zero-order valence-corrected chi connectivity index (χ0v) is 11.3. The van der Waals surface area contributed by atoms with Crippen molar-refractivity contribution in [2.24, 2.45) is 5.92 Å². The minimum atomic E-state index is -4.29. The van der Waals surface area contributed by atoms with Gasteiger partial charge in [-0.25, -0.2) is 0 Å². The van der Waals surface area contributed by atoms with Gasteiger partial charge in [0.25, 0.3) is 0 Å². The quantitative estimate of drug-likeness (QED) is 0.732. The standard InChI is InChI=1S/C12H21F3N2O2/c1-9(10-3-4-10)17(5-6-19-2)11(18)7-16-8-12(13,14)15/h9-10,16H,3-8H2,1-2H3. The Kier molecular flexibility index (Phi) is 6.06. The lowest BCUT2D eigenvalue weighted by molar-refractivity contribution is -0.136. The summed E-state index contributed by atoms with van der Waals surface area (Å²) in [5, 5.41) is 2.14. The number of nitrogens with one attached hydrogen (secondary N) is 1. The van der Waals surface area contributed by atoms with E-state index in [0.29, 0.717) is 19.1 Å². The van der Waals surface area contributed by atoms with Crippen LogP contribution in [0.2, 0.25) is 0 Å². The molecule has 1 N–H and O–H groups in total. The summed E-state index contributed by atoms with van der Waals surface area (Å²) < 4.78 is 40.9. The summed E-state index contributed by atoms with van der Waals surface area (Å²) in [5.41, 5.74) is 0. The van der Waals surface area contributed by atoms with Crippen molar-refractivity contribution in [1.82, 2.24) is 10.2 Å². The van der Waals surface area contributed by atoms with E-state index >= 15 is 0 Å². The summed E-state index contributed by atoms with van der Waals surface area (Å²) >= 11 is 0. The highest BCUT2D eigenvalue weighted by Gasteiger charge is 2.34. The first-order valence-electron chi connectivity index (χ1n) is 6.41. The van der Waals surface area contributed by atoms with Crippen LogP contribution >= 0.6 is 0 Å². The first kappa shape index (κ1) is 16.2. The fraction of sp³-hybridized carbons (Fsp3) is 0.917. The van der Waals surface area contributed by atoms with E-state index in [9.17, 15) is 18.0 Å². The number of rotatable bonds is 8. The molecule has 1 atom stereocenters. The molecule has 0 aromatic rings. The molecule has 1 aliphatic rings. The van der Waals surface area contributed by atoms with Crippen molar-refractivity contribution in [3.8, 4) is 0 Å². The van der Waals surface area contributed by atoms with Crippen LogP contribution in [0.3, 0.4) is 0 Å². The van der Waals surface area contributed by atoms with Crippen molar-refractivity contribution in [3.63, 3.8) is 0 Å². The van der Waals surface area contributed by atoms with Gasteiger partial charge in [-0.2, -0.15) is 13.2 Å². The van der Waals surface area contributed by atoms with E-state index in [1.165, 1.54) is 7.11 Å². The van der Waals surface area contributed by atoms with Crippen molar-refractivity contribution in [1.29, 1.82) is 0 Å². The Morgan fingerprint density at radius 3 is 2.58 bits per heavy atom. The molecule has 0 spiro atoms. The molecular weight excluding hydrogens is 261 g/mol. The van der Waals surface area contributed by atoms with Crippen LogP contribution in [0.25, 0.3) is 0 Å². The van der Waals surface area contributed by atoms with Gasteiger partial charge >= 0.3 is 6.18 Å². The molecule has 1 rings (SSSR count). The van der Waals surface area contributed by atoms with Crippen LogP contribution in [0.1, 0.15) is 19.8 Å². The molecule has 0 bridgehead atoms. The fourth-order valence-electron chi connectivity index (χ4n) is 1.99. The summed E-state index contributed by atoms with van der Waals surface area (Å²) in [5.74, 6) is 0.170. The Balaban J connectivity index is 2.41. The molecule has 0 aromatic carbocycles. The second kappa shape index (κ2) is 7.09. The Morgan fingerprint density at radius 2 is 2.11 bits per heavy atom. The molecular formula is C12H21F3N2O2. The maximum atomic E-state index is 12.0. The summed E-state index contributed by atoms with van der Waals surface area (Å²) in [4.78, 5) is 13.6. The van der Waals surface area contributed by atoms with Gasteiger partial charge < -0.3 is 15.0 Å². The third-order valence-electron chi connectivity index (χ3n) is 3.25. The smallest absolute Gasteiger partial charge is 0.383 e. The van der Waals surface area contributed by atoms with Gasteiger partial charge in [-0.3, -0.25) is 4.79 Å². The van der Waals surface area contributed by atoms with Crippen LogP contribution in [0, 0.1) is 5.92 Å². The van der Waals surface area contributed by atoms with Crippen LogP contribution < -0.4 is 5.32 Å². The van der Waals surface area contributed by atoms with E-state index in [1.54, 1.807) is 4.90 Å². The van der Waals surface area contributed by atoms with Gasteiger partial charge in [0.15, 0.2) is 0 Å². The maximum absolute atomic E-state index is 12.0. The number of methoxy groups -OCH3 is 1. The van der Waals surface area contributed by atoms with E-state index in [0.717, 1.165) is 12.8 Å². The van der Waals surface area contributed by atoms with Gasteiger partial charge in [0.1, 0.15) is 0 Å². The second-order valence-corrected chi connectivity index (χ2v) is 4.88. The van der Waals surface area contributed by atoms with Crippen LogP contribution in [0.5, 0.6) is 0 Å². The van der Waals surface area contributed by atoms with E-state index in [2.05, 4.69) is 5.32 Å². The molecule has 1 aliphatic carbocycles. The van der Waals surface area contributed by atoms with Gasteiger partial charge in [-0.05, 0) is 25.7 Å². The van der Waals surface area contributed by atoms with Gasteiger partial charge in [0, 0.05) is 19.7 Å². The molecule has 7 heteroatoms. The minimum absolute atomic E-state index is 0.0651. The molecule has 1 fully saturated rings. The lowest BCUT2D eigenvalue weighted by atomic mass is 10.2. The topological polar surface area (TPSA) is 41.6 Å². The van der Waals surface area contributed by atoms with Crippen LogP contribution in [-0.2, 0) is 9.53 Å². The summed E-state index contributed by atoms with van der Waals surface area (Å²) in [6.45, 7) is 1.31. The first-order chi connectivity index (χ1) is 8.85. The fourth-order valence-corrected chi connectivity index (χ4v) is 1.99. The van der Waals surface area contributed by atoms with Gasteiger partial charge in [-0.1, -0.05) is 0 Å². The minimum Gasteiger partial charge on any atom is -0.383 e. The maximum Gasteiger partial charge on any atom is 0.401 e. The van der Waals surface area contributed by atoms with E-state index in [4.69, 9.17) is 4.74 Å². The predicted octanol–water partition coefficient (Wildman–Crippen LogP) is 1.41. The highest BCUT2D eigenvalue weighted by molar-refractivity contribution is 5.78. The molecule has 0 radical (unpaired) electrons. The number of hydrogen-bond donors (Lipinski definition) is 1. The number of hydrogen-bond acceptors (Lipinski definition) is 3. The van der Waals surface area contributed by atoms with Gasteiger partial charge in [0.05, 0.1) is 19.7 Å². The largest absolute Gasteiger partial charge is 0.401 e. The van der Waals surface area contributed by atoms with Gasteiger partial charge in [0.2, 0.25) is 5.91 Å². The monoisotopic (exact) mass is 282 g/mol. The number of carbonyl (C=O) groups is 1. The van der Waals surface area contributed by atoms with Crippen molar-refractivity contribution >= 4 is 5.91 Å². The summed E-state index contributed by atoms with van der Waals surface area (Å²) in [7, 11) is 1.53. The third kappa shape index (κ3) is 6.24. The molecule has 112 valence electrons. The lowest BCUT2D eigenvalue weighted by Gasteiger charge is -2.29. The summed E-state index contributed by atoms with van der Waals surface area (Å²) in [6, 6.07) is 0.0651. The molecule has 1 unspecified atom stereocenters. The average molecular weight is 282 g/mol. The number of ether oxygens (including phenoxy) is 1. The summed E-state index contributed by atoms with van der Waals surface area (Å²) in [6.07, 6.45) is -2.14. The number of alkyl halides is 3. The van der Waals surface area contributed by atoms with E-state index in [1.807, 2.05) is 6.92 Å². The van der Waals surface area contributed by atoms with Crippen molar-refractivity contribution in [2.45, 2.75) is 32.0 Å². The number of carbonyl (C=O) groups excluding carboxylic acids is 1. The van der Waals surface area contributed by atoms with Crippen molar-refractivity contribution in [3.05, 3.63) is 0 Å². The van der Waals surface area contributed by atoms with Gasteiger partial charge in [-0.15, -0.1) is 0 Å². The molecule has 1 saturated carbocycles. The van der Waals surface area contributed by atoms with Crippen molar-refractivity contribution in [2.75, 3.05) is 33.4 Å². The number of halogens is 3. The highest BCUT2D eigenvalue weighted by Crippen LogP contribution is 2.35. The lowest BCUT2D eigenvalue weighted by Crippen LogP contribution is -2.47.